The molecule has 2 N–H and O–H groups in total. The molecule has 0 atom stereocenters. The molecule has 1 saturated heterocycles. The predicted molar refractivity (Wildman–Crippen MR) is 118 cm³/mol. The number of ether oxygens (including phenoxy) is 2. The van der Waals surface area contributed by atoms with Crippen LogP contribution in [0, 0.1) is 0 Å². The second-order valence-corrected chi connectivity index (χ2v) is 7.55. The molecule has 8 nitrogen and oxygen atoms in total. The fourth-order valence-corrected chi connectivity index (χ4v) is 3.52. The van der Waals surface area contributed by atoms with Crippen LogP contribution in [0.25, 0.3) is 0 Å². The maximum atomic E-state index is 5.45. The minimum Gasteiger partial charge on any atom is -0.454 e. The van der Waals surface area contributed by atoms with Crippen LogP contribution in [-0.2, 0) is 13.1 Å². The Kier molecular flexibility index (Phi) is 6.53. The molecule has 0 radical (unpaired) electrons. The summed E-state index contributed by atoms with van der Waals surface area (Å²) in [4.78, 5) is 14.0. The van der Waals surface area contributed by atoms with Crippen molar-refractivity contribution in [1.29, 1.82) is 0 Å². The average Bonchev–Trinajstić information content (AvgIpc) is 3.24. The summed E-state index contributed by atoms with van der Waals surface area (Å²) in [5.41, 5.74) is 2.27. The second-order valence-electron chi connectivity index (χ2n) is 7.55. The highest BCUT2D eigenvalue weighted by Gasteiger charge is 2.15. The molecule has 30 heavy (non-hydrogen) atoms. The highest BCUT2D eigenvalue weighted by atomic mass is 16.7. The number of aliphatic imine (C=N–C) groups is 1. The van der Waals surface area contributed by atoms with Crippen molar-refractivity contribution in [1.82, 2.24) is 20.5 Å². The lowest BCUT2D eigenvalue weighted by Gasteiger charge is -2.33. The highest BCUT2D eigenvalue weighted by Crippen LogP contribution is 2.32. The average molecular weight is 411 g/mol. The van der Waals surface area contributed by atoms with Crippen LogP contribution >= 0.6 is 0 Å². The van der Waals surface area contributed by atoms with Crippen molar-refractivity contribution in [2.45, 2.75) is 20.0 Å². The summed E-state index contributed by atoms with van der Waals surface area (Å²) >= 11 is 0. The minimum atomic E-state index is 0.286. The number of hydrogen-bond donors (Lipinski definition) is 2. The van der Waals surface area contributed by atoms with Crippen molar-refractivity contribution in [2.75, 3.05) is 51.5 Å². The van der Waals surface area contributed by atoms with Gasteiger partial charge in [0.2, 0.25) is 6.79 Å². The summed E-state index contributed by atoms with van der Waals surface area (Å²) in [6, 6.07) is 10.2. The summed E-state index contributed by atoms with van der Waals surface area (Å²) in [5.74, 6) is 3.41. The van der Waals surface area contributed by atoms with Crippen LogP contribution in [0.5, 0.6) is 11.5 Å². The molecule has 3 heterocycles. The Morgan fingerprint density at radius 2 is 1.87 bits per heavy atom. The fraction of sp³-hybridized carbons (Fsp3) is 0.455. The zero-order chi connectivity index (χ0) is 20.8. The summed E-state index contributed by atoms with van der Waals surface area (Å²) in [6.45, 7) is 8.58. The van der Waals surface area contributed by atoms with Crippen molar-refractivity contribution in [3.05, 3.63) is 47.7 Å². The number of nitrogens with one attached hydrogen (secondary N) is 2. The van der Waals surface area contributed by atoms with E-state index in [1.54, 1.807) is 0 Å². The quantitative estimate of drug-likeness (QED) is 0.556. The number of guanidine groups is 1. The van der Waals surface area contributed by atoms with E-state index in [1.807, 2.05) is 30.5 Å². The maximum Gasteiger partial charge on any atom is 0.231 e. The molecule has 2 aliphatic rings. The largest absolute Gasteiger partial charge is 0.454 e. The third-order valence-electron chi connectivity index (χ3n) is 5.30. The van der Waals surface area contributed by atoms with Gasteiger partial charge < -0.3 is 29.9 Å². The molecular formula is C22H30N6O2. The third kappa shape index (κ3) is 5.13. The molecule has 0 spiro atoms. The zero-order valence-electron chi connectivity index (χ0n) is 17.7. The second kappa shape index (κ2) is 9.67. The Morgan fingerprint density at radius 3 is 2.70 bits per heavy atom. The van der Waals surface area contributed by atoms with Gasteiger partial charge in [-0.15, -0.1) is 0 Å². The van der Waals surface area contributed by atoms with E-state index in [-0.39, 0.29) is 6.79 Å². The van der Waals surface area contributed by atoms with Gasteiger partial charge in [-0.3, -0.25) is 0 Å². The molecule has 1 aromatic heterocycles. The van der Waals surface area contributed by atoms with Crippen LogP contribution in [0.1, 0.15) is 18.1 Å². The number of likely N-dealkylation sites (N-methyl/N-ethyl adjacent to an activating group) is 1. The molecule has 8 heteroatoms. The molecular weight excluding hydrogens is 380 g/mol. The number of aromatic nitrogens is 1. The van der Waals surface area contributed by atoms with E-state index in [1.165, 1.54) is 5.56 Å². The first-order valence-electron chi connectivity index (χ1n) is 10.5. The summed E-state index contributed by atoms with van der Waals surface area (Å²) in [6.07, 6.45) is 1.89. The van der Waals surface area contributed by atoms with E-state index >= 15 is 0 Å². The number of piperazine rings is 1. The molecule has 160 valence electrons. The van der Waals surface area contributed by atoms with Gasteiger partial charge in [-0.1, -0.05) is 6.07 Å². The van der Waals surface area contributed by atoms with E-state index < -0.39 is 0 Å². The maximum absolute atomic E-state index is 5.45. The van der Waals surface area contributed by atoms with Crippen molar-refractivity contribution >= 4 is 11.8 Å². The van der Waals surface area contributed by atoms with Gasteiger partial charge in [-0.05, 0) is 49.4 Å². The van der Waals surface area contributed by atoms with Crippen LogP contribution in [0.4, 0.5) is 5.82 Å². The Morgan fingerprint density at radius 1 is 1.03 bits per heavy atom. The lowest BCUT2D eigenvalue weighted by Crippen LogP contribution is -2.44. The highest BCUT2D eigenvalue weighted by molar-refractivity contribution is 5.79. The smallest absolute Gasteiger partial charge is 0.231 e. The van der Waals surface area contributed by atoms with Crippen molar-refractivity contribution in [2.24, 2.45) is 4.99 Å². The van der Waals surface area contributed by atoms with E-state index in [4.69, 9.17) is 14.5 Å². The van der Waals surface area contributed by atoms with Gasteiger partial charge in [-0.2, -0.15) is 0 Å². The number of fused-ring (bicyclic) bond motifs is 1. The number of rotatable bonds is 6. The summed E-state index contributed by atoms with van der Waals surface area (Å²) < 4.78 is 10.8. The normalized spacial score (nSPS) is 16.6. The molecule has 4 rings (SSSR count). The SMILES string of the molecule is CCNC(=NCc1ccc2c(c1)OCO2)NCc1ccnc(N2CCN(C)CC2)c1. The third-order valence-corrected chi connectivity index (χ3v) is 5.30. The van der Waals surface area contributed by atoms with Crippen molar-refractivity contribution in [3.8, 4) is 11.5 Å². The van der Waals surface area contributed by atoms with Crippen LogP contribution in [0.15, 0.2) is 41.5 Å². The monoisotopic (exact) mass is 410 g/mol. The van der Waals surface area contributed by atoms with E-state index in [9.17, 15) is 0 Å². The van der Waals surface area contributed by atoms with Gasteiger partial charge in [0, 0.05) is 45.5 Å². The van der Waals surface area contributed by atoms with E-state index in [2.05, 4.69) is 45.5 Å². The molecule has 0 amide bonds. The predicted octanol–water partition coefficient (Wildman–Crippen LogP) is 1.82. The molecule has 2 aliphatic heterocycles. The van der Waals surface area contributed by atoms with Crippen LogP contribution in [0.2, 0.25) is 0 Å². The van der Waals surface area contributed by atoms with Gasteiger partial charge in [0.1, 0.15) is 5.82 Å². The van der Waals surface area contributed by atoms with Crippen molar-refractivity contribution < 1.29 is 9.47 Å². The lowest BCUT2D eigenvalue weighted by molar-refractivity contribution is 0.174. The number of pyridine rings is 1. The standard InChI is InChI=1S/C22H30N6O2/c1-3-23-22(25-14-17-4-5-19-20(12-17)30-16-29-19)26-15-18-6-7-24-21(13-18)28-10-8-27(2)9-11-28/h4-7,12-13H,3,8-11,14-16H2,1-2H3,(H2,23,25,26). The Labute approximate surface area is 177 Å². The summed E-state index contributed by atoms with van der Waals surface area (Å²) in [5, 5.41) is 6.73. The van der Waals surface area contributed by atoms with Crippen LogP contribution < -0.4 is 25.0 Å². The molecule has 2 aromatic rings. The van der Waals surface area contributed by atoms with Crippen LogP contribution in [0.3, 0.4) is 0 Å². The molecule has 0 unspecified atom stereocenters. The van der Waals surface area contributed by atoms with Crippen LogP contribution in [-0.4, -0.2) is 62.4 Å². The molecule has 0 aliphatic carbocycles. The van der Waals surface area contributed by atoms with E-state index in [0.717, 1.165) is 61.6 Å². The van der Waals surface area contributed by atoms with Gasteiger partial charge in [0.05, 0.1) is 6.54 Å². The first-order chi connectivity index (χ1) is 14.7. The topological polar surface area (TPSA) is 74.2 Å². The number of hydrogen-bond acceptors (Lipinski definition) is 6. The molecule has 0 bridgehead atoms. The lowest BCUT2D eigenvalue weighted by atomic mass is 10.2. The first kappa shape index (κ1) is 20.3. The molecule has 0 saturated carbocycles. The van der Waals surface area contributed by atoms with Gasteiger partial charge in [-0.25, -0.2) is 9.98 Å². The summed E-state index contributed by atoms with van der Waals surface area (Å²) in [7, 11) is 2.16. The van der Waals surface area contributed by atoms with Gasteiger partial charge in [0.15, 0.2) is 17.5 Å². The number of benzene rings is 1. The van der Waals surface area contributed by atoms with Gasteiger partial charge in [0.25, 0.3) is 0 Å². The Hall–Kier alpha value is -3.00. The minimum absolute atomic E-state index is 0.286. The van der Waals surface area contributed by atoms with Gasteiger partial charge >= 0.3 is 0 Å². The zero-order valence-corrected chi connectivity index (χ0v) is 17.7. The molecule has 1 aromatic carbocycles. The number of nitrogens with zero attached hydrogens (tertiary/aromatic N) is 4. The van der Waals surface area contributed by atoms with Crippen molar-refractivity contribution in [3.63, 3.8) is 0 Å². The Balaban J connectivity index is 1.36. The number of anilines is 1. The molecule has 1 fully saturated rings. The first-order valence-corrected chi connectivity index (χ1v) is 10.5. The Bertz CT molecular complexity index is 880. The fourth-order valence-electron chi connectivity index (χ4n) is 3.52. The van der Waals surface area contributed by atoms with E-state index in [0.29, 0.717) is 13.1 Å².